The van der Waals surface area contributed by atoms with Crippen molar-refractivity contribution in [1.29, 1.82) is 0 Å². The fourth-order valence-corrected chi connectivity index (χ4v) is 3.25. The Balaban J connectivity index is 1.55. The lowest BCUT2D eigenvalue weighted by atomic mass is 10.1. The maximum Gasteiger partial charge on any atom is 0.146 e. The molecule has 0 fully saturated rings. The Morgan fingerprint density at radius 2 is 0.893 bits per heavy atom. The van der Waals surface area contributed by atoms with Gasteiger partial charge in [-0.05, 0) is 35.4 Å². The van der Waals surface area contributed by atoms with Gasteiger partial charge in [-0.2, -0.15) is 0 Å². The summed E-state index contributed by atoms with van der Waals surface area (Å²) >= 11 is 0. The van der Waals surface area contributed by atoms with Crippen LogP contribution in [0.2, 0.25) is 0 Å². The third-order valence-corrected chi connectivity index (χ3v) is 4.80. The molecule has 4 rings (SSSR count). The monoisotopic (exact) mass is 370 g/mol. The molecule has 140 valence electrons. The Morgan fingerprint density at radius 1 is 0.500 bits per heavy atom. The number of hydrogen-bond acceptors (Lipinski definition) is 4. The molecule has 0 saturated heterocycles. The van der Waals surface area contributed by atoms with E-state index in [0.717, 1.165) is 11.1 Å². The largest absolute Gasteiger partial charge is 0.505 e. The summed E-state index contributed by atoms with van der Waals surface area (Å²) in [6, 6.07) is 27.2. The van der Waals surface area contributed by atoms with Gasteiger partial charge in [0.05, 0.1) is 11.4 Å². The molecule has 0 spiro atoms. The van der Waals surface area contributed by atoms with E-state index in [-0.39, 0.29) is 11.5 Å². The summed E-state index contributed by atoms with van der Waals surface area (Å²) in [4.78, 5) is 0. The molecule has 0 bridgehead atoms. The van der Waals surface area contributed by atoms with Crippen molar-refractivity contribution in [2.45, 2.75) is 13.1 Å². The molecule has 28 heavy (non-hydrogen) atoms. The number of hydrogen-bond donors (Lipinski definition) is 4. The average molecular weight is 370 g/mol. The lowest BCUT2D eigenvalue weighted by molar-refractivity contribution is 0.477. The van der Waals surface area contributed by atoms with Gasteiger partial charge in [-0.1, -0.05) is 60.7 Å². The fourth-order valence-electron chi connectivity index (χ4n) is 3.25. The summed E-state index contributed by atoms with van der Waals surface area (Å²) in [7, 11) is 0. The van der Waals surface area contributed by atoms with Crippen molar-refractivity contribution in [2.75, 3.05) is 10.6 Å². The van der Waals surface area contributed by atoms with Gasteiger partial charge in [0, 0.05) is 23.9 Å². The SMILES string of the molecule is Oc1c(NCc2ccccc2)ccc2c(O)c(NCc3ccccc3)ccc12. The molecule has 4 heteroatoms. The Morgan fingerprint density at radius 3 is 1.29 bits per heavy atom. The van der Waals surface area contributed by atoms with Crippen molar-refractivity contribution in [3.63, 3.8) is 0 Å². The molecule has 0 heterocycles. The predicted molar refractivity (Wildman–Crippen MR) is 115 cm³/mol. The standard InChI is InChI=1S/C24H22N2O2/c27-23-19-12-14-22(26-16-18-9-5-2-6-10-18)24(28)20(19)11-13-21(23)25-15-17-7-3-1-4-8-17/h1-14,25-28H,15-16H2. The quantitative estimate of drug-likeness (QED) is 0.340. The number of rotatable bonds is 6. The van der Waals surface area contributed by atoms with E-state index in [1.807, 2.05) is 72.8 Å². The minimum absolute atomic E-state index is 0.137. The van der Waals surface area contributed by atoms with Crippen molar-refractivity contribution in [2.24, 2.45) is 0 Å². The molecule has 0 amide bonds. The van der Waals surface area contributed by atoms with Crippen LogP contribution in [0.25, 0.3) is 10.8 Å². The van der Waals surface area contributed by atoms with E-state index in [0.29, 0.717) is 35.2 Å². The van der Waals surface area contributed by atoms with E-state index < -0.39 is 0 Å². The number of anilines is 2. The molecule has 4 aromatic rings. The molecule has 0 aromatic heterocycles. The number of phenolic OH excluding ortho intramolecular Hbond substituents is 2. The second-order valence-electron chi connectivity index (χ2n) is 6.70. The van der Waals surface area contributed by atoms with E-state index in [1.54, 1.807) is 12.1 Å². The van der Waals surface area contributed by atoms with Crippen LogP contribution in [-0.2, 0) is 13.1 Å². The number of benzene rings is 4. The van der Waals surface area contributed by atoms with E-state index >= 15 is 0 Å². The third kappa shape index (κ3) is 3.71. The molecule has 0 saturated carbocycles. The minimum Gasteiger partial charge on any atom is -0.505 e. The second kappa shape index (κ2) is 7.92. The van der Waals surface area contributed by atoms with E-state index in [2.05, 4.69) is 10.6 Å². The van der Waals surface area contributed by atoms with E-state index in [1.165, 1.54) is 0 Å². The molecule has 4 aromatic carbocycles. The van der Waals surface area contributed by atoms with Crippen molar-refractivity contribution < 1.29 is 10.2 Å². The van der Waals surface area contributed by atoms with Crippen molar-refractivity contribution >= 4 is 22.1 Å². The average Bonchev–Trinajstić information content (AvgIpc) is 2.74. The molecule has 0 aliphatic carbocycles. The van der Waals surface area contributed by atoms with Crippen molar-refractivity contribution in [3.8, 4) is 11.5 Å². The third-order valence-electron chi connectivity index (χ3n) is 4.80. The first kappa shape index (κ1) is 17.7. The summed E-state index contributed by atoms with van der Waals surface area (Å²) < 4.78 is 0. The summed E-state index contributed by atoms with van der Waals surface area (Å²) in [5.74, 6) is 0.275. The first-order chi connectivity index (χ1) is 13.7. The van der Waals surface area contributed by atoms with Gasteiger partial charge in [0.2, 0.25) is 0 Å². The smallest absolute Gasteiger partial charge is 0.146 e. The van der Waals surface area contributed by atoms with Gasteiger partial charge < -0.3 is 20.8 Å². The minimum atomic E-state index is 0.137. The highest BCUT2D eigenvalue weighted by atomic mass is 16.3. The number of aromatic hydroxyl groups is 2. The van der Waals surface area contributed by atoms with Gasteiger partial charge in [-0.25, -0.2) is 0 Å². The first-order valence-electron chi connectivity index (χ1n) is 9.25. The highest BCUT2D eigenvalue weighted by Crippen LogP contribution is 2.40. The summed E-state index contributed by atoms with van der Waals surface area (Å²) in [6.07, 6.45) is 0. The molecule has 0 atom stereocenters. The lowest BCUT2D eigenvalue weighted by Gasteiger charge is -2.14. The lowest BCUT2D eigenvalue weighted by Crippen LogP contribution is -2.01. The number of fused-ring (bicyclic) bond motifs is 1. The summed E-state index contributed by atoms with van der Waals surface area (Å²) in [5.41, 5.74) is 3.54. The Kier molecular flexibility index (Phi) is 5.02. The molecule has 0 aliphatic rings. The van der Waals surface area contributed by atoms with Gasteiger partial charge in [0.15, 0.2) is 0 Å². The zero-order valence-electron chi connectivity index (χ0n) is 15.4. The zero-order valence-corrected chi connectivity index (χ0v) is 15.4. The van der Waals surface area contributed by atoms with Crippen LogP contribution in [0.5, 0.6) is 11.5 Å². The number of nitrogens with one attached hydrogen (secondary N) is 2. The normalized spacial score (nSPS) is 10.7. The van der Waals surface area contributed by atoms with Crippen LogP contribution >= 0.6 is 0 Å². The van der Waals surface area contributed by atoms with Crippen LogP contribution in [0, 0.1) is 0 Å². The van der Waals surface area contributed by atoms with Gasteiger partial charge in [-0.15, -0.1) is 0 Å². The van der Waals surface area contributed by atoms with Crippen LogP contribution in [-0.4, -0.2) is 10.2 Å². The maximum absolute atomic E-state index is 10.7. The molecular weight excluding hydrogens is 348 g/mol. The molecular formula is C24H22N2O2. The highest BCUT2D eigenvalue weighted by molar-refractivity contribution is 5.99. The molecule has 4 N–H and O–H groups in total. The highest BCUT2D eigenvalue weighted by Gasteiger charge is 2.12. The topological polar surface area (TPSA) is 64.5 Å². The van der Waals surface area contributed by atoms with Gasteiger partial charge >= 0.3 is 0 Å². The molecule has 4 nitrogen and oxygen atoms in total. The molecule has 0 unspecified atom stereocenters. The van der Waals surface area contributed by atoms with Crippen LogP contribution in [0.4, 0.5) is 11.4 Å². The van der Waals surface area contributed by atoms with Gasteiger partial charge in [0.1, 0.15) is 11.5 Å². The van der Waals surface area contributed by atoms with Gasteiger partial charge in [-0.3, -0.25) is 0 Å². The van der Waals surface area contributed by atoms with E-state index in [4.69, 9.17) is 0 Å². The van der Waals surface area contributed by atoms with E-state index in [9.17, 15) is 10.2 Å². The molecule has 0 aliphatic heterocycles. The van der Waals surface area contributed by atoms with Gasteiger partial charge in [0.25, 0.3) is 0 Å². The zero-order chi connectivity index (χ0) is 19.3. The maximum atomic E-state index is 10.7. The molecule has 0 radical (unpaired) electrons. The summed E-state index contributed by atoms with van der Waals surface area (Å²) in [5, 5.41) is 29.0. The Labute approximate surface area is 164 Å². The Bertz CT molecular complexity index is 991. The van der Waals surface area contributed by atoms with Crippen LogP contribution in [0.15, 0.2) is 84.9 Å². The first-order valence-corrected chi connectivity index (χ1v) is 9.25. The van der Waals surface area contributed by atoms with Crippen LogP contribution in [0.1, 0.15) is 11.1 Å². The Hall–Kier alpha value is -3.66. The second-order valence-corrected chi connectivity index (χ2v) is 6.70. The predicted octanol–water partition coefficient (Wildman–Crippen LogP) is 5.48. The number of phenols is 2. The summed E-state index contributed by atoms with van der Waals surface area (Å²) in [6.45, 7) is 1.23. The van der Waals surface area contributed by atoms with Crippen molar-refractivity contribution in [1.82, 2.24) is 0 Å². The van der Waals surface area contributed by atoms with Crippen LogP contribution < -0.4 is 10.6 Å². The fraction of sp³-hybridized carbons (Fsp3) is 0.0833. The van der Waals surface area contributed by atoms with Crippen molar-refractivity contribution in [3.05, 3.63) is 96.1 Å². The van der Waals surface area contributed by atoms with Crippen LogP contribution in [0.3, 0.4) is 0 Å².